The van der Waals surface area contributed by atoms with Crippen molar-refractivity contribution in [3.8, 4) is 0 Å². The summed E-state index contributed by atoms with van der Waals surface area (Å²) in [6.07, 6.45) is 3.22. The van der Waals surface area contributed by atoms with Crippen molar-refractivity contribution in [3.63, 3.8) is 0 Å². The van der Waals surface area contributed by atoms with Crippen LogP contribution < -0.4 is 0 Å². The van der Waals surface area contributed by atoms with E-state index < -0.39 is 10.0 Å². The zero-order chi connectivity index (χ0) is 14.8. The first-order valence-electron chi connectivity index (χ1n) is 5.72. The number of benzene rings is 1. The van der Waals surface area contributed by atoms with Crippen molar-refractivity contribution in [1.29, 1.82) is 0 Å². The summed E-state index contributed by atoms with van der Waals surface area (Å²) in [7, 11) is -2.27. The van der Waals surface area contributed by atoms with Crippen molar-refractivity contribution in [2.75, 3.05) is 7.05 Å². The molecule has 0 bridgehead atoms. The molecule has 0 amide bonds. The van der Waals surface area contributed by atoms with Gasteiger partial charge in [0.05, 0.1) is 10.0 Å². The maximum absolute atomic E-state index is 12.5. The summed E-state index contributed by atoms with van der Waals surface area (Å²) in [6.45, 7) is 0.215. The molecular formula is C13H12Cl2N2O2S. The minimum atomic E-state index is -3.75. The Balaban J connectivity index is 2.35. The molecule has 0 unspecified atom stereocenters. The molecule has 20 heavy (non-hydrogen) atoms. The topological polar surface area (TPSA) is 50.3 Å². The number of hydrogen-bond acceptors (Lipinski definition) is 3. The van der Waals surface area contributed by atoms with E-state index in [4.69, 9.17) is 23.2 Å². The Labute approximate surface area is 128 Å². The van der Waals surface area contributed by atoms with E-state index in [2.05, 4.69) is 4.98 Å². The molecule has 4 nitrogen and oxygen atoms in total. The molecule has 106 valence electrons. The van der Waals surface area contributed by atoms with Gasteiger partial charge >= 0.3 is 0 Å². The van der Waals surface area contributed by atoms with E-state index in [9.17, 15) is 8.42 Å². The first-order valence-corrected chi connectivity index (χ1v) is 7.92. The Hall–Kier alpha value is -1.14. The van der Waals surface area contributed by atoms with Gasteiger partial charge in [-0.2, -0.15) is 4.31 Å². The van der Waals surface area contributed by atoms with Crippen molar-refractivity contribution < 1.29 is 8.42 Å². The molecule has 0 N–H and O–H groups in total. The molecule has 0 saturated heterocycles. The third-order valence-electron chi connectivity index (χ3n) is 2.74. The fourth-order valence-corrected chi connectivity index (χ4v) is 3.96. The summed E-state index contributed by atoms with van der Waals surface area (Å²) in [6, 6.07) is 8.11. The lowest BCUT2D eigenvalue weighted by Gasteiger charge is -2.18. The number of hydrogen-bond donors (Lipinski definition) is 0. The Kier molecular flexibility index (Phi) is 4.65. The first kappa shape index (κ1) is 15.3. The highest BCUT2D eigenvalue weighted by Crippen LogP contribution is 2.31. The molecule has 0 saturated carbocycles. The van der Waals surface area contributed by atoms with E-state index in [0.29, 0.717) is 0 Å². The van der Waals surface area contributed by atoms with Crippen LogP contribution in [-0.2, 0) is 16.6 Å². The van der Waals surface area contributed by atoms with Gasteiger partial charge in [-0.15, -0.1) is 0 Å². The summed E-state index contributed by atoms with van der Waals surface area (Å²) in [4.78, 5) is 3.82. The average molecular weight is 331 g/mol. The van der Waals surface area contributed by atoms with E-state index in [1.165, 1.54) is 23.5 Å². The van der Waals surface area contributed by atoms with Gasteiger partial charge in [-0.1, -0.05) is 29.3 Å². The lowest BCUT2D eigenvalue weighted by molar-refractivity contribution is 0.466. The Bertz CT molecular complexity index is 685. The molecule has 0 aliphatic rings. The second-order valence-corrected chi connectivity index (χ2v) is 6.96. The van der Waals surface area contributed by atoms with Crippen molar-refractivity contribution >= 4 is 33.2 Å². The molecule has 0 fully saturated rings. The van der Waals surface area contributed by atoms with E-state index in [1.54, 1.807) is 30.6 Å². The predicted octanol–water partition coefficient (Wildman–Crippen LogP) is 3.21. The summed E-state index contributed by atoms with van der Waals surface area (Å²) < 4.78 is 26.2. The number of sulfonamides is 1. The Morgan fingerprint density at radius 3 is 2.20 bits per heavy atom. The highest BCUT2D eigenvalue weighted by Gasteiger charge is 2.26. The van der Waals surface area contributed by atoms with Crippen LogP contribution in [0.25, 0.3) is 0 Å². The smallest absolute Gasteiger partial charge is 0.246 e. The third-order valence-corrected chi connectivity index (χ3v) is 5.50. The molecule has 1 aromatic heterocycles. The van der Waals surface area contributed by atoms with Crippen LogP contribution in [0.2, 0.25) is 10.0 Å². The SMILES string of the molecule is CN(Cc1ccncc1)S(=O)(=O)c1c(Cl)cccc1Cl. The van der Waals surface area contributed by atoms with Gasteiger partial charge in [0.1, 0.15) is 4.90 Å². The van der Waals surface area contributed by atoms with E-state index in [0.717, 1.165) is 5.56 Å². The van der Waals surface area contributed by atoms with Gasteiger partial charge in [-0.25, -0.2) is 8.42 Å². The molecule has 1 aromatic carbocycles. The van der Waals surface area contributed by atoms with E-state index >= 15 is 0 Å². The average Bonchev–Trinajstić information content (AvgIpc) is 2.39. The van der Waals surface area contributed by atoms with Gasteiger partial charge in [0.2, 0.25) is 10.0 Å². The predicted molar refractivity (Wildman–Crippen MR) is 79.4 cm³/mol. The van der Waals surface area contributed by atoms with Gasteiger partial charge in [-0.3, -0.25) is 4.98 Å². The standard InChI is InChI=1S/C13H12Cl2N2O2S/c1-17(9-10-5-7-16-8-6-10)20(18,19)13-11(14)3-2-4-12(13)15/h2-8H,9H2,1H3. The Morgan fingerprint density at radius 1 is 1.10 bits per heavy atom. The quantitative estimate of drug-likeness (QED) is 0.864. The number of pyridine rings is 1. The first-order chi connectivity index (χ1) is 9.43. The largest absolute Gasteiger partial charge is 0.265 e. The fourth-order valence-electron chi connectivity index (χ4n) is 1.72. The van der Waals surface area contributed by atoms with Crippen LogP contribution >= 0.6 is 23.2 Å². The van der Waals surface area contributed by atoms with Crippen LogP contribution in [0, 0.1) is 0 Å². The molecular weight excluding hydrogens is 319 g/mol. The maximum atomic E-state index is 12.5. The molecule has 2 rings (SSSR count). The summed E-state index contributed by atoms with van der Waals surface area (Å²) >= 11 is 11.9. The highest BCUT2D eigenvalue weighted by molar-refractivity contribution is 7.89. The lowest BCUT2D eigenvalue weighted by Crippen LogP contribution is -2.27. The van der Waals surface area contributed by atoms with Crippen LogP contribution in [-0.4, -0.2) is 24.8 Å². The molecule has 0 aliphatic heterocycles. The molecule has 7 heteroatoms. The second-order valence-electron chi connectivity index (χ2n) is 4.17. The third kappa shape index (κ3) is 3.12. The van der Waals surface area contributed by atoms with E-state index in [1.807, 2.05) is 0 Å². The number of aromatic nitrogens is 1. The monoisotopic (exact) mass is 330 g/mol. The number of halogens is 2. The van der Waals surface area contributed by atoms with Crippen molar-refractivity contribution in [2.24, 2.45) is 0 Å². The molecule has 0 atom stereocenters. The zero-order valence-corrected chi connectivity index (χ0v) is 13.0. The molecule has 0 spiro atoms. The van der Waals surface area contributed by atoms with Gasteiger partial charge in [0, 0.05) is 26.0 Å². The van der Waals surface area contributed by atoms with Crippen LogP contribution in [0.5, 0.6) is 0 Å². The molecule has 2 aromatic rings. The summed E-state index contributed by atoms with van der Waals surface area (Å²) in [5.41, 5.74) is 0.828. The molecule has 0 aliphatic carbocycles. The summed E-state index contributed by atoms with van der Waals surface area (Å²) in [5.74, 6) is 0. The van der Waals surface area contributed by atoms with Crippen LogP contribution in [0.3, 0.4) is 0 Å². The molecule has 1 heterocycles. The van der Waals surface area contributed by atoms with Crippen molar-refractivity contribution in [1.82, 2.24) is 9.29 Å². The number of nitrogens with zero attached hydrogens (tertiary/aromatic N) is 2. The normalized spacial score (nSPS) is 11.8. The second kappa shape index (κ2) is 6.10. The van der Waals surface area contributed by atoms with Crippen molar-refractivity contribution in [3.05, 3.63) is 58.3 Å². The Morgan fingerprint density at radius 2 is 1.65 bits per heavy atom. The van der Waals surface area contributed by atoms with Crippen molar-refractivity contribution in [2.45, 2.75) is 11.4 Å². The maximum Gasteiger partial charge on any atom is 0.246 e. The van der Waals surface area contributed by atoms with Crippen LogP contribution in [0.1, 0.15) is 5.56 Å². The fraction of sp³-hybridized carbons (Fsp3) is 0.154. The minimum Gasteiger partial charge on any atom is -0.265 e. The zero-order valence-electron chi connectivity index (χ0n) is 10.6. The van der Waals surface area contributed by atoms with E-state index in [-0.39, 0.29) is 21.5 Å². The van der Waals surface area contributed by atoms with Crippen LogP contribution in [0.15, 0.2) is 47.6 Å². The van der Waals surface area contributed by atoms with Gasteiger partial charge in [-0.05, 0) is 29.8 Å². The van der Waals surface area contributed by atoms with Gasteiger partial charge < -0.3 is 0 Å². The minimum absolute atomic E-state index is 0.0695. The summed E-state index contributed by atoms with van der Waals surface area (Å²) in [5, 5.41) is 0.221. The molecule has 0 radical (unpaired) electrons. The van der Waals surface area contributed by atoms with Gasteiger partial charge in [0.15, 0.2) is 0 Å². The highest BCUT2D eigenvalue weighted by atomic mass is 35.5. The number of rotatable bonds is 4. The lowest BCUT2D eigenvalue weighted by atomic mass is 10.3. The van der Waals surface area contributed by atoms with Gasteiger partial charge in [0.25, 0.3) is 0 Å². The van der Waals surface area contributed by atoms with Crippen LogP contribution in [0.4, 0.5) is 0 Å².